The van der Waals surface area contributed by atoms with Gasteiger partial charge < -0.3 is 20.1 Å². The van der Waals surface area contributed by atoms with Gasteiger partial charge in [-0.1, -0.05) is 72.8 Å². The van der Waals surface area contributed by atoms with Crippen molar-refractivity contribution >= 4 is 5.97 Å². The largest absolute Gasteiger partial charge is 0.478 e. The van der Waals surface area contributed by atoms with Crippen LogP contribution >= 0.6 is 0 Å². The predicted molar refractivity (Wildman–Crippen MR) is 109 cm³/mol. The fraction of sp³-hybridized carbons (Fsp3) is 0.857. The second kappa shape index (κ2) is 26.3. The van der Waals surface area contributed by atoms with Gasteiger partial charge in [0, 0.05) is 19.3 Å². The van der Waals surface area contributed by atoms with Gasteiger partial charge in [0.15, 0.2) is 0 Å². The minimum Gasteiger partial charge on any atom is -0.478 e. The molecule has 0 aliphatic carbocycles. The number of unbranched alkanes of at least 4 members (excludes halogenated alkanes) is 2. The molecule has 158 valence electrons. The summed E-state index contributed by atoms with van der Waals surface area (Å²) in [5.74, 6) is 0.599. The van der Waals surface area contributed by atoms with Crippen LogP contribution in [0.4, 0.5) is 0 Å². The van der Waals surface area contributed by atoms with Crippen molar-refractivity contribution in [1.82, 2.24) is 0 Å². The lowest BCUT2D eigenvalue weighted by atomic mass is 9.99. The maximum Gasteiger partial charge on any atom is 0.327 e. The summed E-state index contributed by atoms with van der Waals surface area (Å²) in [6, 6.07) is 0. The van der Waals surface area contributed by atoms with Crippen LogP contribution in [0.2, 0.25) is 0 Å². The standard InChI is InChI=1S/C16H34O.C3H4O2.C2H6O2/c1-5-9-11-15(7-3)13-17-14-16(8-4)12-10-6-2;1-2-3(4)5;3-1-2-4/h15-16H,5-14H2,1-4H3;2H,1H2,(H,4,5);3-4H,1-2H2. The number of ether oxygens (including phenoxy) is 1. The molecule has 0 saturated heterocycles. The zero-order valence-corrected chi connectivity index (χ0v) is 17.6. The molecule has 0 aromatic rings. The van der Waals surface area contributed by atoms with E-state index in [1.165, 1.54) is 51.4 Å². The second-order valence-corrected chi connectivity index (χ2v) is 6.36. The average molecular weight is 377 g/mol. The lowest BCUT2D eigenvalue weighted by molar-refractivity contribution is -0.131. The Kier molecular flexibility index (Phi) is 30.2. The molecule has 0 rings (SSSR count). The number of hydrogen-bond donors (Lipinski definition) is 3. The SMILES string of the molecule is C=CC(=O)O.CCCCC(CC)COCC(CC)CCCC.OCCO. The molecular formula is C21H44O5. The Morgan fingerprint density at radius 1 is 0.923 bits per heavy atom. The molecule has 0 heterocycles. The zero-order valence-electron chi connectivity index (χ0n) is 17.6. The molecule has 0 bridgehead atoms. The van der Waals surface area contributed by atoms with Gasteiger partial charge >= 0.3 is 5.97 Å². The quantitative estimate of drug-likeness (QED) is 0.384. The molecule has 3 N–H and O–H groups in total. The van der Waals surface area contributed by atoms with Crippen molar-refractivity contribution in [2.45, 2.75) is 79.1 Å². The first-order valence-corrected chi connectivity index (χ1v) is 10.1. The minimum absolute atomic E-state index is 0.125. The highest BCUT2D eigenvalue weighted by molar-refractivity contribution is 5.78. The van der Waals surface area contributed by atoms with Gasteiger partial charge in [0.2, 0.25) is 0 Å². The summed E-state index contributed by atoms with van der Waals surface area (Å²) in [6.45, 7) is 13.8. The molecule has 5 nitrogen and oxygen atoms in total. The smallest absolute Gasteiger partial charge is 0.327 e. The van der Waals surface area contributed by atoms with E-state index in [0.717, 1.165) is 31.1 Å². The number of rotatable bonds is 14. The molecule has 0 aliphatic rings. The van der Waals surface area contributed by atoms with E-state index >= 15 is 0 Å². The molecule has 0 aromatic carbocycles. The summed E-state index contributed by atoms with van der Waals surface area (Å²) in [4.78, 5) is 9.25. The molecule has 0 radical (unpaired) electrons. The van der Waals surface area contributed by atoms with Gasteiger partial charge in [-0.15, -0.1) is 0 Å². The van der Waals surface area contributed by atoms with E-state index in [-0.39, 0.29) is 13.2 Å². The third-order valence-electron chi connectivity index (χ3n) is 4.07. The van der Waals surface area contributed by atoms with Crippen LogP contribution in [-0.2, 0) is 9.53 Å². The maximum absolute atomic E-state index is 9.25. The monoisotopic (exact) mass is 376 g/mol. The first-order valence-electron chi connectivity index (χ1n) is 10.1. The number of aliphatic carboxylic acids is 1. The van der Waals surface area contributed by atoms with Gasteiger partial charge in [0.05, 0.1) is 13.2 Å². The third kappa shape index (κ3) is 27.9. The lowest BCUT2D eigenvalue weighted by Gasteiger charge is -2.18. The van der Waals surface area contributed by atoms with E-state index < -0.39 is 5.97 Å². The maximum atomic E-state index is 9.25. The highest BCUT2D eigenvalue weighted by Crippen LogP contribution is 2.16. The number of carboxylic acid groups (broad SMARTS) is 1. The van der Waals surface area contributed by atoms with Crippen molar-refractivity contribution in [3.05, 3.63) is 12.7 Å². The van der Waals surface area contributed by atoms with Crippen LogP contribution in [0.1, 0.15) is 79.1 Å². The van der Waals surface area contributed by atoms with Crippen LogP contribution in [0.3, 0.4) is 0 Å². The number of hydrogen-bond acceptors (Lipinski definition) is 4. The molecular weight excluding hydrogens is 332 g/mol. The molecule has 0 fully saturated rings. The zero-order chi connectivity index (χ0) is 20.6. The Hall–Kier alpha value is -0.910. The van der Waals surface area contributed by atoms with Crippen LogP contribution in [0.25, 0.3) is 0 Å². The topological polar surface area (TPSA) is 87.0 Å². The second-order valence-electron chi connectivity index (χ2n) is 6.36. The lowest BCUT2D eigenvalue weighted by Crippen LogP contribution is -2.14. The van der Waals surface area contributed by atoms with Crippen molar-refractivity contribution in [1.29, 1.82) is 0 Å². The Morgan fingerprint density at radius 2 is 1.27 bits per heavy atom. The van der Waals surface area contributed by atoms with Crippen LogP contribution in [0.5, 0.6) is 0 Å². The molecule has 0 amide bonds. The van der Waals surface area contributed by atoms with E-state index in [9.17, 15) is 4.79 Å². The summed E-state index contributed by atoms with van der Waals surface area (Å²) in [6.07, 6.45) is 11.4. The van der Waals surface area contributed by atoms with Crippen molar-refractivity contribution in [2.24, 2.45) is 11.8 Å². The Morgan fingerprint density at radius 3 is 1.46 bits per heavy atom. The normalized spacial score (nSPS) is 12.1. The van der Waals surface area contributed by atoms with Crippen LogP contribution in [-0.4, -0.2) is 47.7 Å². The van der Waals surface area contributed by atoms with Crippen molar-refractivity contribution < 1.29 is 24.9 Å². The first-order chi connectivity index (χ1) is 12.5. The van der Waals surface area contributed by atoms with Crippen LogP contribution in [0, 0.1) is 11.8 Å². The molecule has 0 aliphatic heterocycles. The molecule has 2 unspecified atom stereocenters. The average Bonchev–Trinajstić information content (AvgIpc) is 2.67. The van der Waals surface area contributed by atoms with Gasteiger partial charge in [-0.25, -0.2) is 4.79 Å². The van der Waals surface area contributed by atoms with Crippen molar-refractivity contribution in [3.8, 4) is 0 Å². The molecule has 2 atom stereocenters. The molecule has 0 spiro atoms. The fourth-order valence-corrected chi connectivity index (χ4v) is 2.20. The van der Waals surface area contributed by atoms with Crippen LogP contribution in [0.15, 0.2) is 12.7 Å². The van der Waals surface area contributed by atoms with E-state index in [2.05, 4.69) is 34.3 Å². The summed E-state index contributed by atoms with van der Waals surface area (Å²) < 4.78 is 5.93. The number of carboxylic acids is 1. The Balaban J connectivity index is -0.000000484. The predicted octanol–water partition coefficient (Wildman–Crippen LogP) is 4.66. The number of aliphatic hydroxyl groups excluding tert-OH is 2. The summed E-state index contributed by atoms with van der Waals surface area (Å²) in [7, 11) is 0. The highest BCUT2D eigenvalue weighted by atomic mass is 16.5. The van der Waals surface area contributed by atoms with Gasteiger partial charge in [0.25, 0.3) is 0 Å². The minimum atomic E-state index is -0.981. The van der Waals surface area contributed by atoms with E-state index in [4.69, 9.17) is 20.1 Å². The fourth-order valence-electron chi connectivity index (χ4n) is 2.20. The van der Waals surface area contributed by atoms with Gasteiger partial charge in [0.1, 0.15) is 0 Å². The molecule has 26 heavy (non-hydrogen) atoms. The van der Waals surface area contributed by atoms with Gasteiger partial charge in [-0.2, -0.15) is 0 Å². The Bertz CT molecular complexity index is 264. The number of carbonyl (C=O) groups is 1. The van der Waals surface area contributed by atoms with E-state index in [0.29, 0.717) is 0 Å². The van der Waals surface area contributed by atoms with E-state index in [1.54, 1.807) is 0 Å². The first kappa shape index (κ1) is 29.8. The molecule has 0 saturated carbocycles. The van der Waals surface area contributed by atoms with E-state index in [1.807, 2.05) is 0 Å². The summed E-state index contributed by atoms with van der Waals surface area (Å²) in [5.41, 5.74) is 0. The Labute approximate surface area is 161 Å². The van der Waals surface area contributed by atoms with Crippen LogP contribution < -0.4 is 0 Å². The van der Waals surface area contributed by atoms with Crippen molar-refractivity contribution in [3.63, 3.8) is 0 Å². The third-order valence-corrected chi connectivity index (χ3v) is 4.07. The summed E-state index contributed by atoms with van der Waals surface area (Å²) in [5, 5.41) is 22.9. The number of aliphatic hydroxyl groups is 2. The van der Waals surface area contributed by atoms with Gasteiger partial charge in [-0.3, -0.25) is 0 Å². The molecule has 0 aromatic heterocycles. The summed E-state index contributed by atoms with van der Waals surface area (Å²) >= 11 is 0. The van der Waals surface area contributed by atoms with Crippen molar-refractivity contribution in [2.75, 3.05) is 26.4 Å². The molecule has 5 heteroatoms. The van der Waals surface area contributed by atoms with Gasteiger partial charge in [-0.05, 0) is 24.7 Å². The highest BCUT2D eigenvalue weighted by Gasteiger charge is 2.09.